The zero-order chi connectivity index (χ0) is 22.3. The number of hydrogen-bond donors (Lipinski definition) is 1. The minimum absolute atomic E-state index is 0.238. The highest BCUT2D eigenvalue weighted by molar-refractivity contribution is 7.14. The van der Waals surface area contributed by atoms with Gasteiger partial charge >= 0.3 is 0 Å². The number of amides is 1. The van der Waals surface area contributed by atoms with Gasteiger partial charge in [0.15, 0.2) is 5.13 Å². The summed E-state index contributed by atoms with van der Waals surface area (Å²) >= 11 is 1.34. The Morgan fingerprint density at radius 2 is 1.69 bits per heavy atom. The number of thiazole rings is 1. The maximum absolute atomic E-state index is 12.6. The van der Waals surface area contributed by atoms with Crippen molar-refractivity contribution in [3.63, 3.8) is 0 Å². The summed E-state index contributed by atoms with van der Waals surface area (Å²) in [6, 6.07) is 22.5. The molecule has 0 bridgehead atoms. The number of carbonyl (C=O) groups excluding carboxylic acids is 1. The van der Waals surface area contributed by atoms with Gasteiger partial charge in [-0.1, -0.05) is 30.3 Å². The highest BCUT2D eigenvalue weighted by Gasteiger charge is 2.14. The second-order valence-corrected chi connectivity index (χ2v) is 7.71. The zero-order valence-electron chi connectivity index (χ0n) is 17.7. The molecule has 4 aromatic rings. The first-order valence-corrected chi connectivity index (χ1v) is 10.8. The molecular weight excluding hydrogens is 424 g/mol. The molecule has 1 N–H and O–H groups in total. The summed E-state index contributed by atoms with van der Waals surface area (Å²) in [7, 11) is 3.21. The molecule has 3 aromatic carbocycles. The van der Waals surface area contributed by atoms with Crippen LogP contribution >= 0.6 is 11.3 Å². The minimum atomic E-state index is -0.238. The predicted octanol–water partition coefficient (Wildman–Crippen LogP) is 5.66. The first kappa shape index (κ1) is 21.4. The lowest BCUT2D eigenvalue weighted by Gasteiger charge is -2.08. The largest absolute Gasteiger partial charge is 0.497 e. The fourth-order valence-corrected chi connectivity index (χ4v) is 3.79. The van der Waals surface area contributed by atoms with E-state index in [0.29, 0.717) is 40.2 Å². The van der Waals surface area contributed by atoms with E-state index >= 15 is 0 Å². The Bertz CT molecular complexity index is 1190. The molecule has 0 saturated heterocycles. The molecule has 0 aliphatic heterocycles. The lowest BCUT2D eigenvalue weighted by Crippen LogP contribution is -2.11. The Morgan fingerprint density at radius 1 is 0.938 bits per heavy atom. The van der Waals surface area contributed by atoms with Crippen LogP contribution < -0.4 is 19.5 Å². The molecule has 0 spiro atoms. The molecule has 32 heavy (non-hydrogen) atoms. The molecule has 0 aliphatic carbocycles. The van der Waals surface area contributed by atoms with Gasteiger partial charge in [-0.25, -0.2) is 4.98 Å². The molecule has 0 radical (unpaired) electrons. The molecular formula is C25H22N2O4S. The first-order valence-electron chi connectivity index (χ1n) is 9.92. The van der Waals surface area contributed by atoms with Crippen LogP contribution in [0.1, 0.15) is 15.9 Å². The van der Waals surface area contributed by atoms with E-state index in [1.54, 1.807) is 38.5 Å². The second kappa shape index (κ2) is 9.98. The van der Waals surface area contributed by atoms with Gasteiger partial charge < -0.3 is 14.2 Å². The number of nitrogens with zero attached hydrogens (tertiary/aromatic N) is 1. The van der Waals surface area contributed by atoms with Crippen molar-refractivity contribution in [2.75, 3.05) is 19.5 Å². The van der Waals surface area contributed by atoms with Crippen LogP contribution in [0.4, 0.5) is 5.13 Å². The van der Waals surface area contributed by atoms with Gasteiger partial charge in [0, 0.05) is 16.5 Å². The molecule has 0 aliphatic rings. The predicted molar refractivity (Wildman–Crippen MR) is 126 cm³/mol. The van der Waals surface area contributed by atoms with Crippen LogP contribution in [0.15, 0.2) is 78.2 Å². The van der Waals surface area contributed by atoms with Gasteiger partial charge in [0.25, 0.3) is 5.91 Å². The van der Waals surface area contributed by atoms with Gasteiger partial charge in [0.2, 0.25) is 0 Å². The summed E-state index contributed by atoms with van der Waals surface area (Å²) in [4.78, 5) is 17.2. The van der Waals surface area contributed by atoms with Crippen LogP contribution in [0.3, 0.4) is 0 Å². The van der Waals surface area contributed by atoms with Crippen LogP contribution in [0.25, 0.3) is 11.3 Å². The van der Waals surface area contributed by atoms with Gasteiger partial charge in [0.05, 0.1) is 19.9 Å². The SMILES string of the molecule is COc1ccc(OC)c(-c2csc(NC(=O)c3ccc(OCc4ccccc4)cc3)n2)c1. The Balaban J connectivity index is 1.41. The standard InChI is InChI=1S/C25H22N2O4S/c1-29-20-12-13-23(30-2)21(14-20)22-16-32-25(26-22)27-24(28)18-8-10-19(11-9-18)31-15-17-6-4-3-5-7-17/h3-14,16H,15H2,1-2H3,(H,26,27,28). The highest BCUT2D eigenvalue weighted by Crippen LogP contribution is 2.35. The molecule has 7 heteroatoms. The fraction of sp³-hybridized carbons (Fsp3) is 0.120. The van der Waals surface area contributed by atoms with E-state index in [2.05, 4.69) is 10.3 Å². The number of ether oxygens (including phenoxy) is 3. The van der Waals surface area contributed by atoms with Gasteiger partial charge in [-0.05, 0) is 48.0 Å². The molecule has 1 amide bonds. The maximum Gasteiger partial charge on any atom is 0.257 e. The quantitative estimate of drug-likeness (QED) is 0.378. The fourth-order valence-electron chi connectivity index (χ4n) is 3.08. The number of carbonyl (C=O) groups is 1. The van der Waals surface area contributed by atoms with Gasteiger partial charge in [-0.3, -0.25) is 10.1 Å². The molecule has 0 atom stereocenters. The number of rotatable bonds is 8. The summed E-state index contributed by atoms with van der Waals surface area (Å²) < 4.78 is 16.5. The van der Waals surface area contributed by atoms with E-state index in [9.17, 15) is 4.79 Å². The van der Waals surface area contributed by atoms with Crippen molar-refractivity contribution in [3.05, 3.63) is 89.3 Å². The lowest BCUT2D eigenvalue weighted by atomic mass is 10.1. The van der Waals surface area contributed by atoms with E-state index in [4.69, 9.17) is 14.2 Å². The molecule has 0 fully saturated rings. The Morgan fingerprint density at radius 3 is 2.41 bits per heavy atom. The van der Waals surface area contributed by atoms with Gasteiger partial charge in [-0.15, -0.1) is 11.3 Å². The van der Waals surface area contributed by atoms with Crippen LogP contribution in [-0.4, -0.2) is 25.1 Å². The van der Waals surface area contributed by atoms with E-state index in [1.807, 2.05) is 53.9 Å². The second-order valence-electron chi connectivity index (χ2n) is 6.86. The van der Waals surface area contributed by atoms with Crippen LogP contribution in [0.2, 0.25) is 0 Å². The van der Waals surface area contributed by atoms with E-state index in [0.717, 1.165) is 11.1 Å². The van der Waals surface area contributed by atoms with Gasteiger partial charge in [-0.2, -0.15) is 0 Å². The monoisotopic (exact) mass is 446 g/mol. The summed E-state index contributed by atoms with van der Waals surface area (Å²) in [5.41, 5.74) is 3.10. The third kappa shape index (κ3) is 5.07. The topological polar surface area (TPSA) is 69.7 Å². The van der Waals surface area contributed by atoms with E-state index in [-0.39, 0.29) is 5.91 Å². The Kier molecular flexibility index (Phi) is 6.67. The van der Waals surface area contributed by atoms with Crippen LogP contribution in [0, 0.1) is 0 Å². The van der Waals surface area contributed by atoms with Crippen LogP contribution in [0.5, 0.6) is 17.2 Å². The molecule has 4 rings (SSSR count). The van der Waals surface area contributed by atoms with E-state index < -0.39 is 0 Å². The normalized spacial score (nSPS) is 10.4. The summed E-state index contributed by atoms with van der Waals surface area (Å²) in [6.07, 6.45) is 0. The summed E-state index contributed by atoms with van der Waals surface area (Å²) in [6.45, 7) is 0.474. The highest BCUT2D eigenvalue weighted by atomic mass is 32.1. The number of hydrogen-bond acceptors (Lipinski definition) is 6. The molecule has 1 heterocycles. The Labute approximate surface area is 190 Å². The number of methoxy groups -OCH3 is 2. The third-order valence-corrected chi connectivity index (χ3v) is 5.53. The summed E-state index contributed by atoms with van der Waals surface area (Å²) in [5.74, 6) is 1.85. The van der Waals surface area contributed by atoms with Crippen molar-refractivity contribution in [2.24, 2.45) is 0 Å². The minimum Gasteiger partial charge on any atom is -0.497 e. The average molecular weight is 447 g/mol. The lowest BCUT2D eigenvalue weighted by molar-refractivity contribution is 0.102. The molecule has 0 unspecified atom stereocenters. The van der Waals surface area contributed by atoms with Crippen LogP contribution in [-0.2, 0) is 6.61 Å². The summed E-state index contributed by atoms with van der Waals surface area (Å²) in [5, 5.41) is 5.22. The van der Waals surface area contributed by atoms with Crippen molar-refractivity contribution in [1.82, 2.24) is 4.98 Å². The number of nitrogens with one attached hydrogen (secondary N) is 1. The molecule has 6 nitrogen and oxygen atoms in total. The first-order chi connectivity index (χ1) is 15.7. The van der Waals surface area contributed by atoms with E-state index in [1.165, 1.54) is 11.3 Å². The smallest absolute Gasteiger partial charge is 0.257 e. The number of anilines is 1. The van der Waals surface area contributed by atoms with Crippen molar-refractivity contribution in [2.45, 2.75) is 6.61 Å². The zero-order valence-corrected chi connectivity index (χ0v) is 18.5. The van der Waals surface area contributed by atoms with Crippen molar-refractivity contribution < 1.29 is 19.0 Å². The third-order valence-electron chi connectivity index (χ3n) is 4.77. The molecule has 1 aromatic heterocycles. The van der Waals surface area contributed by atoms with Crippen molar-refractivity contribution in [3.8, 4) is 28.5 Å². The average Bonchev–Trinajstić information content (AvgIpc) is 3.31. The Hall–Kier alpha value is -3.84. The number of benzene rings is 3. The molecule has 162 valence electrons. The number of aromatic nitrogens is 1. The van der Waals surface area contributed by atoms with Crippen molar-refractivity contribution in [1.29, 1.82) is 0 Å². The van der Waals surface area contributed by atoms with Gasteiger partial charge in [0.1, 0.15) is 23.9 Å². The maximum atomic E-state index is 12.6. The molecule has 0 saturated carbocycles. The van der Waals surface area contributed by atoms with Crippen molar-refractivity contribution >= 4 is 22.4 Å².